The van der Waals surface area contributed by atoms with E-state index in [1.54, 1.807) is 24.3 Å². The third-order valence-electron chi connectivity index (χ3n) is 4.55. The summed E-state index contributed by atoms with van der Waals surface area (Å²) in [7, 11) is -3.24. The number of pyridine rings is 1. The third kappa shape index (κ3) is 3.65. The largest absolute Gasteiger partial charge is 0.383 e. The molecule has 7 heteroatoms. The van der Waals surface area contributed by atoms with Crippen molar-refractivity contribution in [1.82, 2.24) is 10.3 Å². The SMILES string of the molecule is CS(=O)(=O)c1ccc(-c2cc(C3CCNCC3)c(C#N)c(N)n2)cc1. The number of aromatic nitrogens is 1. The molecule has 0 bridgehead atoms. The van der Waals surface area contributed by atoms with Crippen LogP contribution in [0.1, 0.15) is 29.9 Å². The summed E-state index contributed by atoms with van der Waals surface area (Å²) in [6.45, 7) is 1.83. The topological polar surface area (TPSA) is 109 Å². The second-order valence-corrected chi connectivity index (χ2v) is 8.31. The normalized spacial score (nSPS) is 15.7. The lowest BCUT2D eigenvalue weighted by molar-refractivity contribution is 0.460. The fourth-order valence-corrected chi connectivity index (χ4v) is 3.81. The molecule has 0 unspecified atom stereocenters. The van der Waals surface area contributed by atoms with Crippen molar-refractivity contribution < 1.29 is 8.42 Å². The van der Waals surface area contributed by atoms with Gasteiger partial charge in [0, 0.05) is 11.8 Å². The van der Waals surface area contributed by atoms with E-state index in [1.165, 1.54) is 6.26 Å². The average molecular weight is 356 g/mol. The van der Waals surface area contributed by atoms with Gasteiger partial charge in [0.05, 0.1) is 16.2 Å². The van der Waals surface area contributed by atoms with Crippen molar-refractivity contribution in [1.29, 1.82) is 5.26 Å². The first kappa shape index (κ1) is 17.4. The Balaban J connectivity index is 2.05. The molecule has 0 spiro atoms. The molecule has 0 saturated carbocycles. The maximum atomic E-state index is 11.6. The van der Waals surface area contributed by atoms with Gasteiger partial charge in [0.2, 0.25) is 0 Å². The molecule has 1 aliphatic heterocycles. The van der Waals surface area contributed by atoms with Crippen LogP contribution in [0.25, 0.3) is 11.3 Å². The number of nitriles is 1. The zero-order valence-electron chi connectivity index (χ0n) is 14.0. The van der Waals surface area contributed by atoms with Gasteiger partial charge in [-0.1, -0.05) is 12.1 Å². The van der Waals surface area contributed by atoms with Gasteiger partial charge in [0.1, 0.15) is 11.9 Å². The maximum absolute atomic E-state index is 11.6. The molecule has 130 valence electrons. The molecule has 3 N–H and O–H groups in total. The fourth-order valence-electron chi connectivity index (χ4n) is 3.18. The summed E-state index contributed by atoms with van der Waals surface area (Å²) in [5, 5.41) is 12.8. The molecule has 25 heavy (non-hydrogen) atoms. The van der Waals surface area contributed by atoms with Gasteiger partial charge >= 0.3 is 0 Å². The number of piperidine rings is 1. The van der Waals surface area contributed by atoms with Crippen LogP contribution >= 0.6 is 0 Å². The van der Waals surface area contributed by atoms with Gasteiger partial charge in [-0.2, -0.15) is 5.26 Å². The number of nitrogens with two attached hydrogens (primary N) is 1. The number of nitrogens with one attached hydrogen (secondary N) is 1. The van der Waals surface area contributed by atoms with E-state index in [2.05, 4.69) is 16.4 Å². The predicted molar refractivity (Wildman–Crippen MR) is 96.8 cm³/mol. The van der Waals surface area contributed by atoms with Crippen molar-refractivity contribution in [2.45, 2.75) is 23.7 Å². The molecule has 0 aliphatic carbocycles. The number of nitrogen functional groups attached to an aromatic ring is 1. The Morgan fingerprint density at radius 3 is 2.44 bits per heavy atom. The van der Waals surface area contributed by atoms with Crippen molar-refractivity contribution in [3.63, 3.8) is 0 Å². The molecule has 0 radical (unpaired) electrons. The minimum atomic E-state index is -3.24. The molecule has 1 aromatic carbocycles. The number of hydrogen-bond donors (Lipinski definition) is 2. The molecule has 1 aromatic heterocycles. The summed E-state index contributed by atoms with van der Waals surface area (Å²) in [6, 6.07) is 10.7. The van der Waals surface area contributed by atoms with Crippen molar-refractivity contribution in [2.75, 3.05) is 25.1 Å². The summed E-state index contributed by atoms with van der Waals surface area (Å²) >= 11 is 0. The standard InChI is InChI=1S/C18H20N4O2S/c1-25(23,24)14-4-2-13(3-5-14)17-10-15(12-6-8-21-9-7-12)16(11-19)18(20)22-17/h2-5,10,12,21H,6-9H2,1H3,(H2,20,22). The minimum absolute atomic E-state index is 0.223. The van der Waals surface area contributed by atoms with E-state index in [0.717, 1.165) is 37.1 Å². The van der Waals surface area contributed by atoms with Gasteiger partial charge < -0.3 is 11.1 Å². The quantitative estimate of drug-likeness (QED) is 0.871. The highest BCUT2D eigenvalue weighted by Crippen LogP contribution is 2.33. The molecule has 3 rings (SSSR count). The van der Waals surface area contributed by atoms with Crippen molar-refractivity contribution in [3.05, 3.63) is 41.5 Å². The van der Waals surface area contributed by atoms with Crippen molar-refractivity contribution >= 4 is 15.7 Å². The highest BCUT2D eigenvalue weighted by atomic mass is 32.2. The Hall–Kier alpha value is -2.43. The summed E-state index contributed by atoms with van der Waals surface area (Å²) in [5.41, 5.74) is 8.84. The van der Waals surface area contributed by atoms with E-state index >= 15 is 0 Å². The van der Waals surface area contributed by atoms with Crippen LogP contribution in [0.5, 0.6) is 0 Å². The van der Waals surface area contributed by atoms with Gasteiger partial charge in [0.15, 0.2) is 9.84 Å². The number of nitrogens with zero attached hydrogens (tertiary/aromatic N) is 2. The number of rotatable bonds is 3. The Labute approximate surface area is 147 Å². The molecule has 1 aliphatic rings. The lowest BCUT2D eigenvalue weighted by Crippen LogP contribution is -2.27. The number of hydrogen-bond acceptors (Lipinski definition) is 6. The molecule has 0 amide bonds. The van der Waals surface area contributed by atoms with E-state index in [1.807, 2.05) is 6.07 Å². The third-order valence-corrected chi connectivity index (χ3v) is 5.68. The van der Waals surface area contributed by atoms with Gasteiger partial charge in [-0.3, -0.25) is 0 Å². The highest BCUT2D eigenvalue weighted by molar-refractivity contribution is 7.90. The van der Waals surface area contributed by atoms with Crippen LogP contribution in [-0.4, -0.2) is 32.7 Å². The lowest BCUT2D eigenvalue weighted by Gasteiger charge is -2.24. The molecule has 2 heterocycles. The molecular formula is C18H20N4O2S. The number of sulfone groups is 1. The molecular weight excluding hydrogens is 336 g/mol. The Kier molecular flexibility index (Phi) is 4.75. The van der Waals surface area contributed by atoms with Crippen LogP contribution < -0.4 is 11.1 Å². The van der Waals surface area contributed by atoms with E-state index in [9.17, 15) is 13.7 Å². The predicted octanol–water partition coefficient (Wildman–Crippen LogP) is 2.07. The maximum Gasteiger partial charge on any atom is 0.175 e. The van der Waals surface area contributed by atoms with E-state index in [4.69, 9.17) is 5.73 Å². The smallest absolute Gasteiger partial charge is 0.175 e. The average Bonchev–Trinajstić information content (AvgIpc) is 2.61. The second kappa shape index (κ2) is 6.82. The first-order valence-corrected chi connectivity index (χ1v) is 10.0. The van der Waals surface area contributed by atoms with E-state index in [-0.39, 0.29) is 16.6 Å². The first-order valence-electron chi connectivity index (χ1n) is 8.12. The second-order valence-electron chi connectivity index (χ2n) is 6.29. The zero-order valence-corrected chi connectivity index (χ0v) is 14.8. The van der Waals surface area contributed by atoms with Crippen LogP contribution in [0.15, 0.2) is 35.2 Å². The van der Waals surface area contributed by atoms with Crippen LogP contribution in [0, 0.1) is 11.3 Å². The number of anilines is 1. The van der Waals surface area contributed by atoms with Gasteiger partial charge in [0.25, 0.3) is 0 Å². The van der Waals surface area contributed by atoms with E-state index in [0.29, 0.717) is 11.3 Å². The van der Waals surface area contributed by atoms with Crippen LogP contribution in [0.3, 0.4) is 0 Å². The zero-order chi connectivity index (χ0) is 18.0. The minimum Gasteiger partial charge on any atom is -0.383 e. The summed E-state index contributed by atoms with van der Waals surface area (Å²) in [6.07, 6.45) is 3.07. The highest BCUT2D eigenvalue weighted by Gasteiger charge is 2.22. The van der Waals surface area contributed by atoms with Crippen LogP contribution in [0.2, 0.25) is 0 Å². The molecule has 6 nitrogen and oxygen atoms in total. The molecule has 0 atom stereocenters. The van der Waals surface area contributed by atoms with Crippen LogP contribution in [0.4, 0.5) is 5.82 Å². The summed E-state index contributed by atoms with van der Waals surface area (Å²) in [5.74, 6) is 0.496. The number of benzene rings is 1. The summed E-state index contributed by atoms with van der Waals surface area (Å²) < 4.78 is 23.2. The Morgan fingerprint density at radius 1 is 1.24 bits per heavy atom. The Bertz CT molecular complexity index is 925. The van der Waals surface area contributed by atoms with Crippen LogP contribution in [-0.2, 0) is 9.84 Å². The summed E-state index contributed by atoms with van der Waals surface area (Å²) in [4.78, 5) is 4.61. The fraction of sp³-hybridized carbons (Fsp3) is 0.333. The van der Waals surface area contributed by atoms with Gasteiger partial charge in [-0.05, 0) is 55.6 Å². The molecule has 2 aromatic rings. The lowest BCUT2D eigenvalue weighted by atomic mass is 9.87. The molecule has 1 saturated heterocycles. The van der Waals surface area contributed by atoms with E-state index < -0.39 is 9.84 Å². The van der Waals surface area contributed by atoms with Gasteiger partial charge in [-0.25, -0.2) is 13.4 Å². The van der Waals surface area contributed by atoms with Crippen molar-refractivity contribution in [3.8, 4) is 17.3 Å². The Morgan fingerprint density at radius 2 is 1.88 bits per heavy atom. The monoisotopic (exact) mass is 356 g/mol. The van der Waals surface area contributed by atoms with Crippen molar-refractivity contribution in [2.24, 2.45) is 0 Å². The molecule has 1 fully saturated rings. The first-order chi connectivity index (χ1) is 11.9. The van der Waals surface area contributed by atoms with Gasteiger partial charge in [-0.15, -0.1) is 0 Å².